The summed E-state index contributed by atoms with van der Waals surface area (Å²) >= 11 is 0. The smallest absolute Gasteiger partial charge is 0.240 e. The molecule has 0 radical (unpaired) electrons. The molecule has 33 heavy (non-hydrogen) atoms. The fourth-order valence-corrected chi connectivity index (χ4v) is 3.58. The van der Waals surface area contributed by atoms with Crippen LogP contribution < -0.4 is 5.32 Å². The molecule has 0 fully saturated rings. The zero-order chi connectivity index (χ0) is 23.5. The topological polar surface area (TPSA) is 97.5 Å². The fourth-order valence-electron chi connectivity index (χ4n) is 3.58. The lowest BCUT2D eigenvalue weighted by Gasteiger charge is -2.28. The van der Waals surface area contributed by atoms with E-state index in [0.717, 1.165) is 5.56 Å². The Morgan fingerprint density at radius 1 is 0.788 bits per heavy atom. The fraction of sp³-hybridized carbons (Fsp3) is 0.192. The molecule has 3 N–H and O–H groups in total. The minimum atomic E-state index is -0.515. The van der Waals surface area contributed by atoms with E-state index in [0.29, 0.717) is 29.0 Å². The van der Waals surface area contributed by atoms with Gasteiger partial charge in [-0.15, -0.1) is 0 Å². The molecule has 0 spiro atoms. The molecule has 1 atom stereocenters. The number of carbonyl (C=O) groups is 1. The third-order valence-electron chi connectivity index (χ3n) is 5.38. The van der Waals surface area contributed by atoms with Crippen LogP contribution in [0.4, 0.5) is 0 Å². The first kappa shape index (κ1) is 23.7. The lowest BCUT2D eigenvalue weighted by Crippen LogP contribution is -2.50. The Labute approximate surface area is 193 Å². The average Bonchev–Trinajstić information content (AvgIpc) is 2.89. The summed E-state index contributed by atoms with van der Waals surface area (Å²) in [5.74, 6) is -0.199. The van der Waals surface area contributed by atoms with Crippen LogP contribution in [0.3, 0.4) is 0 Å². The van der Waals surface area contributed by atoms with Crippen molar-refractivity contribution in [3.8, 4) is 0 Å². The molecule has 0 unspecified atom stereocenters. The number of nitrogens with zero attached hydrogens (tertiary/aromatic N) is 3. The predicted molar refractivity (Wildman–Crippen MR) is 129 cm³/mol. The zero-order valence-corrected chi connectivity index (χ0v) is 18.5. The van der Waals surface area contributed by atoms with E-state index in [2.05, 4.69) is 15.6 Å². The summed E-state index contributed by atoms with van der Waals surface area (Å²) < 4.78 is 0. The molecule has 7 nitrogen and oxygen atoms in total. The molecule has 7 heteroatoms. The molecule has 0 aliphatic heterocycles. The minimum absolute atomic E-state index is 0.0399. The molecular formula is C26H28N4O3. The highest BCUT2D eigenvalue weighted by molar-refractivity contribution is 6.06. The Hall–Kier alpha value is -3.97. The van der Waals surface area contributed by atoms with Gasteiger partial charge < -0.3 is 20.6 Å². The number of likely N-dealkylation sites (N-methyl/N-ethyl adjacent to an activating group) is 1. The second-order valence-corrected chi connectivity index (χ2v) is 7.55. The highest BCUT2D eigenvalue weighted by atomic mass is 16.4. The monoisotopic (exact) mass is 444 g/mol. The normalized spacial score (nSPS) is 12.9. The van der Waals surface area contributed by atoms with Gasteiger partial charge >= 0.3 is 0 Å². The second-order valence-electron chi connectivity index (χ2n) is 7.55. The number of hydrogen-bond donors (Lipinski definition) is 3. The molecule has 3 aromatic rings. The van der Waals surface area contributed by atoms with Crippen molar-refractivity contribution in [2.75, 3.05) is 20.1 Å². The molecule has 3 rings (SSSR count). The van der Waals surface area contributed by atoms with Crippen molar-refractivity contribution in [3.63, 3.8) is 0 Å². The Kier molecular flexibility index (Phi) is 8.73. The number of benzene rings is 3. The van der Waals surface area contributed by atoms with Crippen LogP contribution in [0.15, 0.2) is 101 Å². The average molecular weight is 445 g/mol. The highest BCUT2D eigenvalue weighted by Crippen LogP contribution is 2.11. The number of nitrogens with one attached hydrogen (secondary N) is 1. The number of carbonyl (C=O) groups excluding carboxylic acids is 1. The number of amides is 1. The number of rotatable bonds is 10. The Morgan fingerprint density at radius 3 is 1.61 bits per heavy atom. The van der Waals surface area contributed by atoms with Crippen LogP contribution >= 0.6 is 0 Å². The minimum Gasteiger partial charge on any atom is -0.411 e. The molecule has 0 aromatic heterocycles. The van der Waals surface area contributed by atoms with Gasteiger partial charge in [0.15, 0.2) is 0 Å². The van der Waals surface area contributed by atoms with Crippen molar-refractivity contribution >= 4 is 17.3 Å². The van der Waals surface area contributed by atoms with Crippen molar-refractivity contribution in [3.05, 3.63) is 108 Å². The van der Waals surface area contributed by atoms with Crippen molar-refractivity contribution in [2.45, 2.75) is 12.5 Å². The van der Waals surface area contributed by atoms with Crippen LogP contribution in [0, 0.1) is 0 Å². The van der Waals surface area contributed by atoms with E-state index in [1.165, 1.54) is 4.90 Å². The molecule has 0 heterocycles. The molecule has 0 saturated carbocycles. The summed E-state index contributed by atoms with van der Waals surface area (Å²) in [6.45, 7) is 0.0797. The predicted octanol–water partition coefficient (Wildman–Crippen LogP) is 3.40. The SMILES string of the molecule is CN[C@@H](Cc1ccccc1)C(=O)N(C/C(=N/O)c1ccccc1)C/C(=N/O)c1ccccc1. The molecule has 0 saturated heterocycles. The maximum Gasteiger partial charge on any atom is 0.240 e. The van der Waals surface area contributed by atoms with Crippen LogP contribution in [-0.4, -0.2) is 58.8 Å². The highest BCUT2D eigenvalue weighted by Gasteiger charge is 2.27. The summed E-state index contributed by atoms with van der Waals surface area (Å²) in [7, 11) is 1.74. The van der Waals surface area contributed by atoms with Crippen molar-refractivity contribution < 1.29 is 15.2 Å². The van der Waals surface area contributed by atoms with Gasteiger partial charge in [-0.3, -0.25) is 4.79 Å². The Bertz CT molecular complexity index is 1010. The largest absolute Gasteiger partial charge is 0.411 e. The second kappa shape index (κ2) is 12.2. The lowest BCUT2D eigenvalue weighted by atomic mass is 10.0. The number of hydrogen-bond acceptors (Lipinski definition) is 6. The van der Waals surface area contributed by atoms with E-state index >= 15 is 0 Å². The van der Waals surface area contributed by atoms with E-state index in [-0.39, 0.29) is 19.0 Å². The van der Waals surface area contributed by atoms with E-state index in [9.17, 15) is 15.2 Å². The van der Waals surface area contributed by atoms with Crippen molar-refractivity contribution in [2.24, 2.45) is 10.3 Å². The quantitative estimate of drug-likeness (QED) is 0.254. The maximum absolute atomic E-state index is 13.6. The first-order valence-corrected chi connectivity index (χ1v) is 10.7. The summed E-state index contributed by atoms with van der Waals surface area (Å²) in [6, 6.07) is 27.6. The third-order valence-corrected chi connectivity index (χ3v) is 5.38. The van der Waals surface area contributed by atoms with Crippen LogP contribution in [0.25, 0.3) is 0 Å². The summed E-state index contributed by atoms with van der Waals surface area (Å²) in [4.78, 5) is 15.2. The summed E-state index contributed by atoms with van der Waals surface area (Å²) in [6.07, 6.45) is 0.487. The van der Waals surface area contributed by atoms with Crippen molar-refractivity contribution in [1.29, 1.82) is 0 Å². The van der Waals surface area contributed by atoms with Crippen LogP contribution in [0.5, 0.6) is 0 Å². The Morgan fingerprint density at radius 2 is 1.21 bits per heavy atom. The van der Waals surface area contributed by atoms with Crippen LogP contribution in [-0.2, 0) is 11.2 Å². The third kappa shape index (κ3) is 6.51. The number of oxime groups is 2. The van der Waals surface area contributed by atoms with Gasteiger partial charge in [-0.05, 0) is 19.0 Å². The molecule has 170 valence electrons. The van der Waals surface area contributed by atoms with E-state index in [4.69, 9.17) is 0 Å². The summed E-state index contributed by atoms with van der Waals surface area (Å²) in [5, 5.41) is 29.4. The molecule has 0 aliphatic rings. The van der Waals surface area contributed by atoms with Gasteiger partial charge in [0, 0.05) is 11.1 Å². The molecule has 1 amide bonds. The maximum atomic E-state index is 13.6. The molecular weight excluding hydrogens is 416 g/mol. The molecule has 0 aliphatic carbocycles. The summed E-state index contributed by atoms with van der Waals surface area (Å²) in [5.41, 5.74) is 3.09. The zero-order valence-electron chi connectivity index (χ0n) is 18.5. The van der Waals surface area contributed by atoms with Gasteiger partial charge in [-0.25, -0.2) is 0 Å². The lowest BCUT2D eigenvalue weighted by molar-refractivity contribution is -0.131. The van der Waals surface area contributed by atoms with E-state index < -0.39 is 6.04 Å². The van der Waals surface area contributed by atoms with Gasteiger partial charge in [0.2, 0.25) is 5.91 Å². The van der Waals surface area contributed by atoms with Gasteiger partial charge in [-0.2, -0.15) is 0 Å². The van der Waals surface area contributed by atoms with Gasteiger partial charge in [0.05, 0.1) is 19.1 Å². The van der Waals surface area contributed by atoms with Gasteiger partial charge in [-0.1, -0.05) is 101 Å². The van der Waals surface area contributed by atoms with Crippen LogP contribution in [0.2, 0.25) is 0 Å². The Balaban J connectivity index is 1.90. The van der Waals surface area contributed by atoms with Crippen LogP contribution in [0.1, 0.15) is 16.7 Å². The van der Waals surface area contributed by atoms with E-state index in [1.54, 1.807) is 7.05 Å². The first-order chi connectivity index (χ1) is 16.2. The molecule has 0 bridgehead atoms. The van der Waals surface area contributed by atoms with E-state index in [1.807, 2.05) is 91.0 Å². The standard InChI is InChI=1S/C26H28N4O3/c1-27-23(17-20-11-5-2-6-12-20)26(31)30(18-24(28-32)21-13-7-3-8-14-21)19-25(29-33)22-15-9-4-10-16-22/h2-16,23,27,32-33H,17-19H2,1H3/b28-24-,29-25-/t23-/m0/s1. The molecule has 3 aromatic carbocycles. The van der Waals surface area contributed by atoms with Gasteiger partial charge in [0.25, 0.3) is 0 Å². The van der Waals surface area contributed by atoms with Crippen molar-refractivity contribution in [1.82, 2.24) is 10.2 Å². The first-order valence-electron chi connectivity index (χ1n) is 10.7. The van der Waals surface area contributed by atoms with Gasteiger partial charge in [0.1, 0.15) is 11.4 Å².